The van der Waals surface area contributed by atoms with E-state index < -0.39 is 0 Å². The van der Waals surface area contributed by atoms with E-state index in [1.165, 1.54) is 11.1 Å². The minimum absolute atomic E-state index is 0.0309. The normalized spacial score (nSPS) is 25.5. The van der Waals surface area contributed by atoms with Crippen molar-refractivity contribution in [3.05, 3.63) is 102 Å². The standard InChI is InChI=1S/C34H37N3O3/c1-40-25-18-15-23(16-19-25)17-20-31(38)35-30-14-8-6-12-27(30)34(39)37-22-21-28-32(24-9-3-2-4-10-24)36-29-13-7-5-11-26(29)33(28)37/h2-5,7,9-11,13,15-20,27-28,30,32-33,36H,6,8,12,14,21-22H2,1H3,(H,35,38)/t27-,28+,30+,32-,33-/m0/s1. The van der Waals surface area contributed by atoms with Gasteiger partial charge in [0.15, 0.2) is 0 Å². The summed E-state index contributed by atoms with van der Waals surface area (Å²) in [6, 6.07) is 26.6. The Hall–Kier alpha value is -4.06. The highest BCUT2D eigenvalue weighted by atomic mass is 16.5. The number of fused-ring (bicyclic) bond motifs is 3. The molecule has 6 heteroatoms. The molecule has 1 aliphatic carbocycles. The van der Waals surface area contributed by atoms with Crippen molar-refractivity contribution in [1.29, 1.82) is 0 Å². The molecule has 6 nitrogen and oxygen atoms in total. The summed E-state index contributed by atoms with van der Waals surface area (Å²) in [5.41, 5.74) is 4.49. The largest absolute Gasteiger partial charge is 0.497 e. The summed E-state index contributed by atoms with van der Waals surface area (Å²) in [6.45, 7) is 0.738. The van der Waals surface area contributed by atoms with Gasteiger partial charge in [0.25, 0.3) is 0 Å². The van der Waals surface area contributed by atoms with Crippen LogP contribution in [0.5, 0.6) is 5.75 Å². The van der Waals surface area contributed by atoms with Crippen molar-refractivity contribution in [3.63, 3.8) is 0 Å². The third kappa shape index (κ3) is 5.23. The second-order valence-electron chi connectivity index (χ2n) is 11.2. The monoisotopic (exact) mass is 535 g/mol. The predicted molar refractivity (Wildman–Crippen MR) is 158 cm³/mol. The molecule has 5 atom stereocenters. The SMILES string of the molecule is COc1ccc(C=CC(=O)N[C@@H]2CCCC[C@@H]2C(=O)N2CC[C@@H]3[C@H](c4ccccc4)Nc4ccccc4[C@@H]32)cc1. The maximum Gasteiger partial charge on any atom is 0.244 e. The number of hydrogen-bond acceptors (Lipinski definition) is 4. The molecule has 0 bridgehead atoms. The number of likely N-dealkylation sites (tertiary alicyclic amines) is 1. The highest BCUT2D eigenvalue weighted by Crippen LogP contribution is 2.51. The van der Waals surface area contributed by atoms with Gasteiger partial charge in [-0.05, 0) is 60.2 Å². The Kier molecular flexibility index (Phi) is 7.58. The van der Waals surface area contributed by atoms with Crippen molar-refractivity contribution >= 4 is 23.6 Å². The molecule has 1 saturated heterocycles. The van der Waals surface area contributed by atoms with Crippen LogP contribution in [-0.2, 0) is 9.59 Å². The van der Waals surface area contributed by atoms with Crippen LogP contribution in [0.15, 0.2) is 84.9 Å². The molecule has 2 fully saturated rings. The molecule has 40 heavy (non-hydrogen) atoms. The van der Waals surface area contributed by atoms with E-state index in [0.717, 1.165) is 55.6 Å². The number of nitrogens with one attached hydrogen (secondary N) is 2. The van der Waals surface area contributed by atoms with Gasteiger partial charge in [0, 0.05) is 30.3 Å². The third-order valence-corrected chi connectivity index (χ3v) is 8.86. The fourth-order valence-corrected chi connectivity index (χ4v) is 6.89. The Morgan fingerprint density at radius 2 is 1.68 bits per heavy atom. The van der Waals surface area contributed by atoms with Gasteiger partial charge in [-0.25, -0.2) is 0 Å². The van der Waals surface area contributed by atoms with Crippen molar-refractivity contribution in [1.82, 2.24) is 10.2 Å². The molecule has 2 heterocycles. The number of carbonyl (C=O) groups excluding carboxylic acids is 2. The Morgan fingerprint density at radius 3 is 2.48 bits per heavy atom. The molecular weight excluding hydrogens is 498 g/mol. The molecule has 2 aliphatic heterocycles. The lowest BCUT2D eigenvalue weighted by Gasteiger charge is -2.42. The van der Waals surface area contributed by atoms with E-state index in [-0.39, 0.29) is 35.9 Å². The van der Waals surface area contributed by atoms with Gasteiger partial charge in [-0.1, -0.05) is 73.5 Å². The number of rotatable bonds is 6. The molecule has 3 aromatic carbocycles. The van der Waals surface area contributed by atoms with Crippen LogP contribution in [0.2, 0.25) is 0 Å². The Morgan fingerprint density at radius 1 is 0.925 bits per heavy atom. The van der Waals surface area contributed by atoms with Crippen LogP contribution >= 0.6 is 0 Å². The van der Waals surface area contributed by atoms with Crippen molar-refractivity contribution in [2.75, 3.05) is 19.0 Å². The lowest BCUT2D eigenvalue weighted by Crippen LogP contribution is -2.49. The van der Waals surface area contributed by atoms with E-state index in [1.807, 2.05) is 30.3 Å². The summed E-state index contributed by atoms with van der Waals surface area (Å²) in [7, 11) is 1.63. The summed E-state index contributed by atoms with van der Waals surface area (Å²) in [6.07, 6.45) is 7.98. The van der Waals surface area contributed by atoms with E-state index in [0.29, 0.717) is 5.92 Å². The van der Waals surface area contributed by atoms with E-state index in [4.69, 9.17) is 4.74 Å². The first kappa shape index (κ1) is 26.2. The topological polar surface area (TPSA) is 70.7 Å². The first-order chi connectivity index (χ1) is 19.6. The van der Waals surface area contributed by atoms with Crippen molar-refractivity contribution in [3.8, 4) is 5.75 Å². The highest BCUT2D eigenvalue weighted by molar-refractivity contribution is 5.92. The minimum Gasteiger partial charge on any atom is -0.497 e. The van der Waals surface area contributed by atoms with Gasteiger partial charge in [0.2, 0.25) is 11.8 Å². The fourth-order valence-electron chi connectivity index (χ4n) is 6.89. The lowest BCUT2D eigenvalue weighted by molar-refractivity contribution is -0.139. The van der Waals surface area contributed by atoms with Gasteiger partial charge in [-0.2, -0.15) is 0 Å². The summed E-state index contributed by atoms with van der Waals surface area (Å²) >= 11 is 0. The zero-order valence-electron chi connectivity index (χ0n) is 23.0. The Balaban J connectivity index is 1.20. The van der Waals surface area contributed by atoms with Gasteiger partial charge in [-0.15, -0.1) is 0 Å². The molecule has 2 amide bonds. The van der Waals surface area contributed by atoms with Gasteiger partial charge in [0.1, 0.15) is 5.75 Å². The quantitative estimate of drug-likeness (QED) is 0.372. The van der Waals surface area contributed by atoms with Gasteiger partial charge in [-0.3, -0.25) is 9.59 Å². The van der Waals surface area contributed by atoms with Crippen LogP contribution in [0.4, 0.5) is 5.69 Å². The summed E-state index contributed by atoms with van der Waals surface area (Å²) in [5, 5.41) is 6.96. The van der Waals surface area contributed by atoms with Crippen LogP contribution in [-0.4, -0.2) is 36.4 Å². The number of carbonyl (C=O) groups is 2. The summed E-state index contributed by atoms with van der Waals surface area (Å²) < 4.78 is 5.21. The number of nitrogens with zero attached hydrogens (tertiary/aromatic N) is 1. The van der Waals surface area contributed by atoms with E-state index in [2.05, 4.69) is 64.1 Å². The first-order valence-corrected chi connectivity index (χ1v) is 14.5. The first-order valence-electron chi connectivity index (χ1n) is 14.5. The number of methoxy groups -OCH3 is 1. The second kappa shape index (κ2) is 11.6. The molecule has 2 N–H and O–H groups in total. The number of para-hydroxylation sites is 1. The molecule has 3 aromatic rings. The molecule has 0 unspecified atom stereocenters. The fraction of sp³-hybridized carbons (Fsp3) is 0.353. The minimum atomic E-state index is -0.206. The maximum absolute atomic E-state index is 14.3. The van der Waals surface area contributed by atoms with E-state index in [9.17, 15) is 9.59 Å². The maximum atomic E-state index is 14.3. The molecule has 3 aliphatic rings. The second-order valence-corrected chi connectivity index (χ2v) is 11.2. The molecule has 0 radical (unpaired) electrons. The molecule has 206 valence electrons. The molecular formula is C34H37N3O3. The van der Waals surface area contributed by atoms with E-state index in [1.54, 1.807) is 19.3 Å². The molecule has 6 rings (SSSR count). The van der Waals surface area contributed by atoms with Gasteiger partial charge >= 0.3 is 0 Å². The van der Waals surface area contributed by atoms with Crippen LogP contribution in [0.1, 0.15) is 60.9 Å². The number of hydrogen-bond donors (Lipinski definition) is 2. The molecule has 0 aromatic heterocycles. The van der Waals surface area contributed by atoms with E-state index >= 15 is 0 Å². The number of ether oxygens (including phenoxy) is 1. The Labute approximate surface area is 236 Å². The van der Waals surface area contributed by atoms with Crippen LogP contribution in [0.25, 0.3) is 6.08 Å². The zero-order chi connectivity index (χ0) is 27.5. The highest BCUT2D eigenvalue weighted by Gasteiger charge is 2.48. The lowest BCUT2D eigenvalue weighted by atomic mass is 9.79. The van der Waals surface area contributed by atoms with Crippen LogP contribution < -0.4 is 15.4 Å². The van der Waals surface area contributed by atoms with Crippen LogP contribution in [0, 0.1) is 11.8 Å². The van der Waals surface area contributed by atoms with Crippen LogP contribution in [0.3, 0.4) is 0 Å². The molecule has 1 saturated carbocycles. The molecule has 0 spiro atoms. The zero-order valence-corrected chi connectivity index (χ0v) is 23.0. The van der Waals surface area contributed by atoms with Gasteiger partial charge in [0.05, 0.1) is 25.1 Å². The summed E-state index contributed by atoms with van der Waals surface area (Å²) in [5.74, 6) is 0.894. The smallest absolute Gasteiger partial charge is 0.244 e. The predicted octanol–water partition coefficient (Wildman–Crippen LogP) is 6.14. The third-order valence-electron chi connectivity index (χ3n) is 8.86. The number of amides is 2. The average molecular weight is 536 g/mol. The van der Waals surface area contributed by atoms with Crippen molar-refractivity contribution < 1.29 is 14.3 Å². The van der Waals surface area contributed by atoms with Gasteiger partial charge < -0.3 is 20.3 Å². The van der Waals surface area contributed by atoms with Crippen molar-refractivity contribution in [2.24, 2.45) is 11.8 Å². The number of anilines is 1. The van der Waals surface area contributed by atoms with Crippen molar-refractivity contribution in [2.45, 2.75) is 50.2 Å². The number of benzene rings is 3. The summed E-state index contributed by atoms with van der Waals surface area (Å²) in [4.78, 5) is 29.3. The average Bonchev–Trinajstić information content (AvgIpc) is 3.46. The Bertz CT molecular complexity index is 1370.